The summed E-state index contributed by atoms with van der Waals surface area (Å²) in [5.74, 6) is 0. The van der Waals surface area contributed by atoms with Crippen LogP contribution in [0.1, 0.15) is 11.1 Å². The van der Waals surface area contributed by atoms with Crippen LogP contribution < -0.4 is 5.73 Å². The van der Waals surface area contributed by atoms with E-state index in [2.05, 4.69) is 4.90 Å². The molecule has 0 saturated heterocycles. The molecule has 0 amide bonds. The molecule has 4 heteroatoms. The van der Waals surface area contributed by atoms with Gasteiger partial charge in [-0.25, -0.2) is 0 Å². The number of benzene rings is 2. The monoisotopic (exact) mass is 294 g/mol. The van der Waals surface area contributed by atoms with Crippen LogP contribution in [0, 0.1) is 0 Å². The molecule has 0 radical (unpaired) electrons. The van der Waals surface area contributed by atoms with Gasteiger partial charge in [-0.05, 0) is 36.4 Å². The Labute approximate surface area is 123 Å². The number of rotatable bonds is 4. The van der Waals surface area contributed by atoms with Gasteiger partial charge in [0.25, 0.3) is 0 Å². The van der Waals surface area contributed by atoms with Gasteiger partial charge in [-0.2, -0.15) is 0 Å². The molecule has 2 nitrogen and oxygen atoms in total. The fourth-order valence-electron chi connectivity index (χ4n) is 1.96. The lowest BCUT2D eigenvalue weighted by atomic mass is 10.1. The summed E-state index contributed by atoms with van der Waals surface area (Å²) < 4.78 is 0. The van der Waals surface area contributed by atoms with Crippen molar-refractivity contribution in [2.24, 2.45) is 0 Å². The van der Waals surface area contributed by atoms with Gasteiger partial charge < -0.3 is 5.73 Å². The minimum absolute atomic E-state index is 0.683. The Bertz CT molecular complexity index is 570. The van der Waals surface area contributed by atoms with Gasteiger partial charge in [0.1, 0.15) is 0 Å². The number of hydrogen-bond donors (Lipinski definition) is 1. The van der Waals surface area contributed by atoms with Gasteiger partial charge in [-0.1, -0.05) is 47.5 Å². The van der Waals surface area contributed by atoms with Crippen LogP contribution in [-0.2, 0) is 13.1 Å². The lowest BCUT2D eigenvalue weighted by Gasteiger charge is -2.18. The van der Waals surface area contributed by atoms with Crippen LogP contribution in [-0.4, -0.2) is 11.9 Å². The van der Waals surface area contributed by atoms with Gasteiger partial charge >= 0.3 is 0 Å². The van der Waals surface area contributed by atoms with E-state index in [1.807, 2.05) is 43.4 Å². The van der Waals surface area contributed by atoms with E-state index >= 15 is 0 Å². The predicted molar refractivity (Wildman–Crippen MR) is 82.5 cm³/mol. The quantitative estimate of drug-likeness (QED) is 0.856. The van der Waals surface area contributed by atoms with E-state index in [9.17, 15) is 0 Å². The first-order chi connectivity index (χ1) is 9.06. The standard InChI is InChI=1S/C15H16Cl2N2/c1-19(9-11-4-2-3-5-14(11)16)10-12-6-7-13(18)8-15(12)17/h2-8H,9-10,18H2,1H3. The molecule has 0 unspecified atom stereocenters. The van der Waals surface area contributed by atoms with Crippen molar-refractivity contribution in [1.29, 1.82) is 0 Å². The van der Waals surface area contributed by atoms with E-state index in [0.29, 0.717) is 10.7 Å². The van der Waals surface area contributed by atoms with Gasteiger partial charge in [0.15, 0.2) is 0 Å². The number of anilines is 1. The summed E-state index contributed by atoms with van der Waals surface area (Å²) in [6.07, 6.45) is 0. The molecule has 100 valence electrons. The van der Waals surface area contributed by atoms with E-state index in [0.717, 1.165) is 29.2 Å². The third kappa shape index (κ3) is 3.87. The number of halogens is 2. The first-order valence-electron chi connectivity index (χ1n) is 6.02. The lowest BCUT2D eigenvalue weighted by Crippen LogP contribution is -2.17. The van der Waals surface area contributed by atoms with Crippen LogP contribution in [0.5, 0.6) is 0 Å². The molecular weight excluding hydrogens is 279 g/mol. The topological polar surface area (TPSA) is 29.3 Å². The van der Waals surface area contributed by atoms with Crippen LogP contribution in [0.25, 0.3) is 0 Å². The van der Waals surface area contributed by atoms with Crippen LogP contribution in [0.2, 0.25) is 10.0 Å². The fraction of sp³-hybridized carbons (Fsp3) is 0.200. The zero-order valence-corrected chi connectivity index (χ0v) is 12.2. The van der Waals surface area contributed by atoms with Gasteiger partial charge in [0.05, 0.1) is 0 Å². The smallest absolute Gasteiger partial charge is 0.0471 e. The highest BCUT2D eigenvalue weighted by Gasteiger charge is 2.07. The Hall–Kier alpha value is -1.22. The maximum absolute atomic E-state index is 6.18. The largest absolute Gasteiger partial charge is 0.399 e. The second-order valence-electron chi connectivity index (χ2n) is 4.61. The zero-order valence-electron chi connectivity index (χ0n) is 10.7. The Balaban J connectivity index is 2.05. The van der Waals surface area contributed by atoms with Crippen molar-refractivity contribution in [2.45, 2.75) is 13.1 Å². The summed E-state index contributed by atoms with van der Waals surface area (Å²) in [6.45, 7) is 1.53. The molecule has 19 heavy (non-hydrogen) atoms. The average Bonchev–Trinajstić information content (AvgIpc) is 2.36. The van der Waals surface area contributed by atoms with Crippen molar-refractivity contribution in [2.75, 3.05) is 12.8 Å². The third-order valence-corrected chi connectivity index (χ3v) is 3.64. The van der Waals surface area contributed by atoms with Crippen molar-refractivity contribution < 1.29 is 0 Å². The van der Waals surface area contributed by atoms with Crippen LogP contribution in [0.15, 0.2) is 42.5 Å². The highest BCUT2D eigenvalue weighted by molar-refractivity contribution is 6.31. The molecular formula is C15H16Cl2N2. The van der Waals surface area contributed by atoms with E-state index in [4.69, 9.17) is 28.9 Å². The van der Waals surface area contributed by atoms with E-state index in [-0.39, 0.29) is 0 Å². The van der Waals surface area contributed by atoms with Gasteiger partial charge in [0.2, 0.25) is 0 Å². The van der Waals surface area contributed by atoms with E-state index in [1.165, 1.54) is 0 Å². The molecule has 2 N–H and O–H groups in total. The zero-order chi connectivity index (χ0) is 13.8. The highest BCUT2D eigenvalue weighted by Crippen LogP contribution is 2.22. The average molecular weight is 295 g/mol. The molecule has 0 aliphatic heterocycles. The van der Waals surface area contributed by atoms with Crippen molar-refractivity contribution in [1.82, 2.24) is 4.90 Å². The molecule has 0 aliphatic rings. The van der Waals surface area contributed by atoms with Crippen molar-refractivity contribution >= 4 is 28.9 Å². The molecule has 0 atom stereocenters. The van der Waals surface area contributed by atoms with Gasteiger partial charge in [0, 0.05) is 28.8 Å². The molecule has 0 aromatic heterocycles. The second kappa shape index (κ2) is 6.29. The Morgan fingerprint density at radius 2 is 1.58 bits per heavy atom. The number of nitrogen functional groups attached to an aromatic ring is 1. The van der Waals surface area contributed by atoms with Gasteiger partial charge in [-0.15, -0.1) is 0 Å². The number of hydrogen-bond acceptors (Lipinski definition) is 2. The van der Waals surface area contributed by atoms with E-state index in [1.54, 1.807) is 6.07 Å². The first-order valence-corrected chi connectivity index (χ1v) is 6.77. The lowest BCUT2D eigenvalue weighted by molar-refractivity contribution is 0.319. The SMILES string of the molecule is CN(Cc1ccccc1Cl)Cc1ccc(N)cc1Cl. The van der Waals surface area contributed by atoms with Gasteiger partial charge in [-0.3, -0.25) is 4.90 Å². The van der Waals surface area contributed by atoms with Crippen molar-refractivity contribution in [3.05, 3.63) is 63.6 Å². The minimum Gasteiger partial charge on any atom is -0.399 e. The third-order valence-electron chi connectivity index (χ3n) is 2.92. The summed E-state index contributed by atoms with van der Waals surface area (Å²) in [6, 6.07) is 13.5. The molecule has 0 fully saturated rings. The summed E-state index contributed by atoms with van der Waals surface area (Å²) >= 11 is 12.3. The summed E-state index contributed by atoms with van der Waals surface area (Å²) in [5, 5.41) is 1.49. The van der Waals surface area contributed by atoms with Crippen LogP contribution in [0.4, 0.5) is 5.69 Å². The number of nitrogens with zero attached hydrogens (tertiary/aromatic N) is 1. The Morgan fingerprint density at radius 1 is 0.947 bits per heavy atom. The molecule has 0 saturated carbocycles. The Morgan fingerprint density at radius 3 is 2.21 bits per heavy atom. The molecule has 0 aliphatic carbocycles. The molecule has 2 aromatic carbocycles. The first kappa shape index (κ1) is 14.2. The summed E-state index contributed by atoms with van der Waals surface area (Å²) in [5.41, 5.74) is 8.54. The maximum Gasteiger partial charge on any atom is 0.0471 e. The predicted octanol–water partition coefficient (Wildman–Crippen LogP) is 4.21. The molecule has 0 spiro atoms. The molecule has 2 rings (SSSR count). The number of nitrogens with two attached hydrogens (primary N) is 1. The summed E-state index contributed by atoms with van der Waals surface area (Å²) in [7, 11) is 2.04. The second-order valence-corrected chi connectivity index (χ2v) is 5.43. The Kier molecular flexibility index (Phi) is 4.70. The van der Waals surface area contributed by atoms with Crippen LogP contribution in [0.3, 0.4) is 0 Å². The van der Waals surface area contributed by atoms with Crippen molar-refractivity contribution in [3.8, 4) is 0 Å². The highest BCUT2D eigenvalue weighted by atomic mass is 35.5. The molecule has 0 heterocycles. The normalized spacial score (nSPS) is 10.9. The molecule has 2 aromatic rings. The fourth-order valence-corrected chi connectivity index (χ4v) is 2.40. The minimum atomic E-state index is 0.683. The van der Waals surface area contributed by atoms with E-state index < -0.39 is 0 Å². The maximum atomic E-state index is 6.18. The molecule has 0 bridgehead atoms. The van der Waals surface area contributed by atoms with Crippen molar-refractivity contribution in [3.63, 3.8) is 0 Å². The van der Waals surface area contributed by atoms with Crippen LogP contribution >= 0.6 is 23.2 Å². The summed E-state index contributed by atoms with van der Waals surface area (Å²) in [4.78, 5) is 2.17.